The lowest BCUT2D eigenvalue weighted by Crippen LogP contribution is -2.46. The number of benzene rings is 1. The summed E-state index contributed by atoms with van der Waals surface area (Å²) in [6, 6.07) is 4.90. The first-order valence-electron chi connectivity index (χ1n) is 6.73. The van der Waals surface area contributed by atoms with Gasteiger partial charge in [0.05, 0.1) is 5.52 Å². The van der Waals surface area contributed by atoms with Crippen LogP contribution in [0.3, 0.4) is 0 Å². The number of nitrogens with one attached hydrogen (secondary N) is 1. The van der Waals surface area contributed by atoms with E-state index in [1.165, 1.54) is 4.57 Å². The fourth-order valence-electron chi connectivity index (χ4n) is 2.71. The molecule has 20 heavy (non-hydrogen) atoms. The van der Waals surface area contributed by atoms with Crippen LogP contribution in [0, 0.1) is 0 Å². The van der Waals surface area contributed by atoms with Gasteiger partial charge in [0, 0.05) is 0 Å². The van der Waals surface area contributed by atoms with E-state index in [1.54, 1.807) is 6.07 Å². The van der Waals surface area contributed by atoms with Crippen molar-refractivity contribution in [2.45, 2.75) is 38.5 Å². The largest absolute Gasteiger partial charge is 0.420 e. The van der Waals surface area contributed by atoms with Crippen molar-refractivity contribution in [1.29, 1.82) is 0 Å². The summed E-state index contributed by atoms with van der Waals surface area (Å²) in [5.74, 6) is -0.882. The highest BCUT2D eigenvalue weighted by Crippen LogP contribution is 2.25. The third-order valence-electron chi connectivity index (χ3n) is 3.74. The summed E-state index contributed by atoms with van der Waals surface area (Å²) in [6.07, 6.45) is 0.750. The lowest BCUT2D eigenvalue weighted by molar-refractivity contribution is -0.130. The SMILES string of the molecule is CCc1cccc2c1oc(=O)n2[C@@H]1CCC(O)NC1=O. The fourth-order valence-corrected chi connectivity index (χ4v) is 2.71. The number of carbonyl (C=O) groups excluding carboxylic acids is 1. The first kappa shape index (κ1) is 12.9. The summed E-state index contributed by atoms with van der Waals surface area (Å²) in [6.45, 7) is 1.98. The van der Waals surface area contributed by atoms with Crippen LogP contribution in [0.2, 0.25) is 0 Å². The summed E-state index contributed by atoms with van der Waals surface area (Å²) < 4.78 is 6.70. The molecule has 2 aromatic rings. The van der Waals surface area contributed by atoms with Crippen molar-refractivity contribution >= 4 is 17.0 Å². The van der Waals surface area contributed by atoms with Gasteiger partial charge in [-0.2, -0.15) is 0 Å². The van der Waals surface area contributed by atoms with Gasteiger partial charge in [-0.15, -0.1) is 0 Å². The molecule has 2 atom stereocenters. The average molecular weight is 276 g/mol. The lowest BCUT2D eigenvalue weighted by Gasteiger charge is -2.26. The Balaban J connectivity index is 2.14. The molecule has 1 amide bonds. The molecular formula is C14H16N2O4. The third-order valence-corrected chi connectivity index (χ3v) is 3.74. The maximum atomic E-state index is 12.1. The molecule has 1 aliphatic heterocycles. The molecule has 1 aliphatic rings. The van der Waals surface area contributed by atoms with E-state index in [0.717, 1.165) is 12.0 Å². The Bertz CT molecular complexity index is 716. The van der Waals surface area contributed by atoms with Crippen molar-refractivity contribution in [3.63, 3.8) is 0 Å². The highest BCUT2D eigenvalue weighted by atomic mass is 16.4. The first-order valence-corrected chi connectivity index (χ1v) is 6.73. The van der Waals surface area contributed by atoms with Gasteiger partial charge in [-0.05, 0) is 30.9 Å². The van der Waals surface area contributed by atoms with E-state index >= 15 is 0 Å². The van der Waals surface area contributed by atoms with Crippen molar-refractivity contribution in [2.24, 2.45) is 0 Å². The van der Waals surface area contributed by atoms with Crippen LogP contribution in [0.5, 0.6) is 0 Å². The van der Waals surface area contributed by atoms with Gasteiger partial charge in [-0.1, -0.05) is 19.1 Å². The second kappa shape index (κ2) is 4.79. The third kappa shape index (κ3) is 1.92. The zero-order valence-corrected chi connectivity index (χ0v) is 11.1. The summed E-state index contributed by atoms with van der Waals surface area (Å²) in [5.41, 5.74) is 2.11. The van der Waals surface area contributed by atoms with Gasteiger partial charge in [-0.3, -0.25) is 9.36 Å². The van der Waals surface area contributed by atoms with Gasteiger partial charge >= 0.3 is 5.76 Å². The second-order valence-corrected chi connectivity index (χ2v) is 4.97. The smallest absolute Gasteiger partial charge is 0.407 e. The molecule has 1 aromatic carbocycles. The predicted molar refractivity (Wildman–Crippen MR) is 72.3 cm³/mol. The number of aromatic nitrogens is 1. The number of amides is 1. The zero-order valence-electron chi connectivity index (χ0n) is 11.1. The minimum absolute atomic E-state index is 0.351. The second-order valence-electron chi connectivity index (χ2n) is 4.97. The standard InChI is InChI=1S/C14H16N2O4/c1-2-8-4-3-5-9-12(8)20-14(19)16(9)10-6-7-11(17)15-13(10)18/h3-5,10-11,17H,2,6-7H2,1H3,(H,15,18)/t10-,11?/m1/s1. The Labute approximate surface area is 115 Å². The molecule has 6 heteroatoms. The quantitative estimate of drug-likeness (QED) is 0.854. The monoisotopic (exact) mass is 276 g/mol. The van der Waals surface area contributed by atoms with Crippen molar-refractivity contribution < 1.29 is 14.3 Å². The maximum absolute atomic E-state index is 12.1. The molecule has 1 saturated heterocycles. The average Bonchev–Trinajstić information content (AvgIpc) is 2.75. The normalized spacial score (nSPS) is 23.0. The molecule has 3 rings (SSSR count). The number of para-hydroxylation sites is 1. The minimum atomic E-state index is -0.834. The van der Waals surface area contributed by atoms with Gasteiger partial charge in [0.25, 0.3) is 0 Å². The van der Waals surface area contributed by atoms with E-state index < -0.39 is 18.0 Å². The molecule has 2 N–H and O–H groups in total. The number of fused-ring (bicyclic) bond motifs is 1. The van der Waals surface area contributed by atoms with Crippen molar-refractivity contribution in [3.8, 4) is 0 Å². The van der Waals surface area contributed by atoms with Crippen LogP contribution in [0.1, 0.15) is 31.4 Å². The number of rotatable bonds is 2. The molecule has 0 saturated carbocycles. The molecule has 0 radical (unpaired) electrons. The van der Waals surface area contributed by atoms with Crippen LogP contribution >= 0.6 is 0 Å². The Kier molecular flexibility index (Phi) is 3.10. The number of carbonyl (C=O) groups is 1. The highest BCUT2D eigenvalue weighted by molar-refractivity contribution is 5.84. The van der Waals surface area contributed by atoms with Crippen LogP contribution in [-0.2, 0) is 11.2 Å². The minimum Gasteiger partial charge on any atom is -0.407 e. The number of hydrogen-bond donors (Lipinski definition) is 2. The molecule has 6 nitrogen and oxygen atoms in total. The van der Waals surface area contributed by atoms with Crippen LogP contribution in [0.4, 0.5) is 0 Å². The maximum Gasteiger partial charge on any atom is 0.420 e. The summed E-state index contributed by atoms with van der Waals surface area (Å²) in [5, 5.41) is 11.9. The number of piperidine rings is 1. The predicted octanol–water partition coefficient (Wildman–Crippen LogP) is 0.926. The number of nitrogens with zero attached hydrogens (tertiary/aromatic N) is 1. The molecular weight excluding hydrogens is 260 g/mol. The molecule has 1 fully saturated rings. The van der Waals surface area contributed by atoms with E-state index in [4.69, 9.17) is 4.42 Å². The molecule has 0 aliphatic carbocycles. The molecule has 1 unspecified atom stereocenters. The Morgan fingerprint density at radius 2 is 2.20 bits per heavy atom. The van der Waals surface area contributed by atoms with Crippen molar-refractivity contribution in [3.05, 3.63) is 34.3 Å². The molecule has 0 bridgehead atoms. The summed E-state index contributed by atoms with van der Waals surface area (Å²) in [4.78, 5) is 24.1. The topological polar surface area (TPSA) is 84.5 Å². The van der Waals surface area contributed by atoms with Crippen LogP contribution < -0.4 is 11.1 Å². The van der Waals surface area contributed by atoms with Crippen molar-refractivity contribution in [1.82, 2.24) is 9.88 Å². The highest BCUT2D eigenvalue weighted by Gasteiger charge is 2.31. The first-order chi connectivity index (χ1) is 9.61. The van der Waals surface area contributed by atoms with Gasteiger partial charge in [-0.25, -0.2) is 4.79 Å². The molecule has 2 heterocycles. The van der Waals surface area contributed by atoms with E-state index in [1.807, 2.05) is 19.1 Å². The zero-order chi connectivity index (χ0) is 14.3. The van der Waals surface area contributed by atoms with Gasteiger partial charge in [0.2, 0.25) is 5.91 Å². The number of oxazole rings is 1. The molecule has 0 spiro atoms. The summed E-state index contributed by atoms with van der Waals surface area (Å²) in [7, 11) is 0. The van der Waals surface area contributed by atoms with Crippen LogP contribution in [0.15, 0.2) is 27.4 Å². The Morgan fingerprint density at radius 1 is 1.40 bits per heavy atom. The number of aliphatic hydroxyl groups excluding tert-OH is 1. The van der Waals surface area contributed by atoms with Crippen LogP contribution in [0.25, 0.3) is 11.1 Å². The lowest BCUT2D eigenvalue weighted by atomic mass is 10.0. The van der Waals surface area contributed by atoms with E-state index in [2.05, 4.69) is 5.32 Å². The Hall–Kier alpha value is -2.08. The van der Waals surface area contributed by atoms with Gasteiger partial charge in [0.15, 0.2) is 5.58 Å². The van der Waals surface area contributed by atoms with Crippen LogP contribution in [-0.4, -0.2) is 21.8 Å². The number of aryl methyl sites for hydroxylation is 1. The Morgan fingerprint density at radius 3 is 2.90 bits per heavy atom. The number of hydrogen-bond acceptors (Lipinski definition) is 4. The molecule has 1 aromatic heterocycles. The van der Waals surface area contributed by atoms with Crippen molar-refractivity contribution in [2.75, 3.05) is 0 Å². The van der Waals surface area contributed by atoms with E-state index in [0.29, 0.717) is 23.9 Å². The fraction of sp³-hybridized carbons (Fsp3) is 0.429. The summed E-state index contributed by atoms with van der Waals surface area (Å²) >= 11 is 0. The van der Waals surface area contributed by atoms with Gasteiger partial charge in [0.1, 0.15) is 12.3 Å². The van der Waals surface area contributed by atoms with E-state index in [-0.39, 0.29) is 5.91 Å². The van der Waals surface area contributed by atoms with E-state index in [9.17, 15) is 14.7 Å². The number of aliphatic hydroxyl groups is 1. The molecule has 106 valence electrons. The van der Waals surface area contributed by atoms with Gasteiger partial charge < -0.3 is 14.8 Å².